The average Bonchev–Trinajstić information content (AvgIpc) is 2.42. The summed E-state index contributed by atoms with van der Waals surface area (Å²) in [5.74, 6) is 8.45. The molecule has 0 amide bonds. The molecule has 1 rings (SSSR count). The van der Waals surface area contributed by atoms with Gasteiger partial charge in [0, 0.05) is 0 Å². The van der Waals surface area contributed by atoms with Crippen molar-refractivity contribution in [2.24, 2.45) is 11.7 Å². The van der Waals surface area contributed by atoms with Gasteiger partial charge in [-0.05, 0) is 24.5 Å². The molecule has 0 saturated heterocycles. The van der Waals surface area contributed by atoms with E-state index in [9.17, 15) is 5.11 Å². The molecular weight excluding hydrogens is 224 g/mol. The number of phenols is 1. The van der Waals surface area contributed by atoms with Gasteiger partial charge >= 0.3 is 0 Å². The zero-order chi connectivity index (χ0) is 13.6. The summed E-state index contributed by atoms with van der Waals surface area (Å²) in [5.41, 5.74) is 1.09. The summed E-state index contributed by atoms with van der Waals surface area (Å²) in [6.45, 7) is 2.25. The first-order valence-corrected chi connectivity index (χ1v) is 6.94. The molecule has 0 radical (unpaired) electrons. The van der Waals surface area contributed by atoms with E-state index in [1.807, 2.05) is 18.2 Å². The van der Waals surface area contributed by atoms with Gasteiger partial charge in [0.15, 0.2) is 0 Å². The van der Waals surface area contributed by atoms with E-state index in [4.69, 9.17) is 0 Å². The van der Waals surface area contributed by atoms with Crippen LogP contribution in [0, 0.1) is 0 Å². The van der Waals surface area contributed by atoms with Crippen molar-refractivity contribution in [2.45, 2.75) is 58.3 Å². The lowest BCUT2D eigenvalue weighted by Gasteiger charge is -2.04. The van der Waals surface area contributed by atoms with Crippen molar-refractivity contribution in [3.63, 3.8) is 0 Å². The number of para-hydroxylation sites is 1. The van der Waals surface area contributed by atoms with E-state index in [1.165, 1.54) is 44.9 Å². The minimum absolute atomic E-state index is 0.452. The van der Waals surface area contributed by atoms with Crippen LogP contribution in [0.5, 0.6) is 5.75 Å². The molecule has 0 unspecified atom stereocenters. The van der Waals surface area contributed by atoms with Crippen LogP contribution in [0.2, 0.25) is 0 Å². The summed E-state index contributed by atoms with van der Waals surface area (Å²) in [6.07, 6.45) is 10.3. The Morgan fingerprint density at radius 1 is 0.889 bits per heavy atom. The lowest BCUT2D eigenvalue weighted by Crippen LogP contribution is -2.02. The molecule has 0 fully saturated rings. The Labute approximate surface area is 111 Å². The van der Waals surface area contributed by atoms with E-state index >= 15 is 0 Å². The van der Waals surface area contributed by atoms with Crippen molar-refractivity contribution < 1.29 is 5.11 Å². The quantitative estimate of drug-likeness (QED) is 0.376. The van der Waals surface area contributed by atoms with Crippen molar-refractivity contribution in [3.8, 4) is 5.75 Å². The number of unbranched alkanes of at least 4 members (excludes halogenated alkanes) is 6. The van der Waals surface area contributed by atoms with Gasteiger partial charge in [-0.2, -0.15) is 0 Å². The average molecular weight is 252 g/mol. The third-order valence-electron chi connectivity index (χ3n) is 3.04. The standard InChI is InChI=1S/C15H24O.H4N2/c1-2-3-4-5-6-7-8-11-14-12-9-10-13-15(14)16;1-2/h9-10,12-13,16H,2-8,11H2,1H3;1-2H2. The molecule has 1 aromatic carbocycles. The van der Waals surface area contributed by atoms with Gasteiger partial charge in [-0.3, -0.25) is 11.7 Å². The van der Waals surface area contributed by atoms with Crippen molar-refractivity contribution in [2.75, 3.05) is 0 Å². The van der Waals surface area contributed by atoms with Crippen LogP contribution >= 0.6 is 0 Å². The number of rotatable bonds is 8. The largest absolute Gasteiger partial charge is 0.508 e. The van der Waals surface area contributed by atoms with Gasteiger partial charge < -0.3 is 5.11 Å². The van der Waals surface area contributed by atoms with E-state index in [-0.39, 0.29) is 0 Å². The number of hydrogen-bond acceptors (Lipinski definition) is 3. The molecule has 5 N–H and O–H groups in total. The number of aryl methyl sites for hydroxylation is 1. The first kappa shape index (κ1) is 16.9. The van der Waals surface area contributed by atoms with Gasteiger partial charge in [-0.15, -0.1) is 0 Å². The van der Waals surface area contributed by atoms with Crippen LogP contribution in [0.25, 0.3) is 0 Å². The molecule has 0 saturated carbocycles. The van der Waals surface area contributed by atoms with Gasteiger partial charge in [0.1, 0.15) is 5.75 Å². The molecule has 0 spiro atoms. The molecule has 0 atom stereocenters. The Morgan fingerprint density at radius 2 is 1.44 bits per heavy atom. The van der Waals surface area contributed by atoms with Gasteiger partial charge in [0.05, 0.1) is 0 Å². The van der Waals surface area contributed by atoms with Crippen LogP contribution in [-0.2, 0) is 6.42 Å². The third-order valence-corrected chi connectivity index (χ3v) is 3.04. The molecule has 3 nitrogen and oxygen atoms in total. The van der Waals surface area contributed by atoms with E-state index in [0.717, 1.165) is 12.0 Å². The number of hydrogen-bond donors (Lipinski definition) is 3. The monoisotopic (exact) mass is 252 g/mol. The normalized spacial score (nSPS) is 9.72. The number of benzene rings is 1. The number of aromatic hydroxyl groups is 1. The predicted molar refractivity (Wildman–Crippen MR) is 78.2 cm³/mol. The van der Waals surface area contributed by atoms with E-state index < -0.39 is 0 Å². The summed E-state index contributed by atoms with van der Waals surface area (Å²) < 4.78 is 0. The van der Waals surface area contributed by atoms with Crippen LogP contribution in [0.4, 0.5) is 0 Å². The third kappa shape index (κ3) is 8.09. The zero-order valence-corrected chi connectivity index (χ0v) is 11.6. The summed E-state index contributed by atoms with van der Waals surface area (Å²) in [5, 5.41) is 9.58. The molecule has 18 heavy (non-hydrogen) atoms. The smallest absolute Gasteiger partial charge is 0.118 e. The van der Waals surface area contributed by atoms with Gasteiger partial charge in [0.2, 0.25) is 0 Å². The van der Waals surface area contributed by atoms with Crippen LogP contribution in [0.1, 0.15) is 57.4 Å². The van der Waals surface area contributed by atoms with Crippen molar-refractivity contribution >= 4 is 0 Å². The number of nitrogens with two attached hydrogens (primary N) is 2. The molecule has 0 bridgehead atoms. The van der Waals surface area contributed by atoms with Crippen molar-refractivity contribution in [1.29, 1.82) is 0 Å². The molecule has 3 heteroatoms. The topological polar surface area (TPSA) is 72.3 Å². The molecular formula is C15H28N2O. The van der Waals surface area contributed by atoms with Crippen LogP contribution in [-0.4, -0.2) is 5.11 Å². The molecule has 0 aliphatic carbocycles. The second-order valence-corrected chi connectivity index (χ2v) is 4.50. The number of phenolic OH excluding ortho intramolecular Hbond substituents is 1. The van der Waals surface area contributed by atoms with Gasteiger partial charge in [0.25, 0.3) is 0 Å². The van der Waals surface area contributed by atoms with E-state index in [1.54, 1.807) is 6.07 Å². The minimum Gasteiger partial charge on any atom is -0.508 e. The Balaban J connectivity index is 0.00000137. The Kier molecular flexibility index (Phi) is 11.7. The molecule has 0 heterocycles. The Morgan fingerprint density at radius 3 is 2.06 bits per heavy atom. The molecule has 1 aromatic rings. The molecule has 104 valence electrons. The summed E-state index contributed by atoms with van der Waals surface area (Å²) in [4.78, 5) is 0. The van der Waals surface area contributed by atoms with Crippen LogP contribution < -0.4 is 11.7 Å². The summed E-state index contributed by atoms with van der Waals surface area (Å²) >= 11 is 0. The lowest BCUT2D eigenvalue weighted by atomic mass is 10.0. The maximum Gasteiger partial charge on any atom is 0.118 e. The lowest BCUT2D eigenvalue weighted by molar-refractivity contribution is 0.466. The first-order chi connectivity index (χ1) is 8.84. The summed E-state index contributed by atoms with van der Waals surface area (Å²) in [7, 11) is 0. The summed E-state index contributed by atoms with van der Waals surface area (Å²) in [6, 6.07) is 7.67. The van der Waals surface area contributed by atoms with Crippen molar-refractivity contribution in [3.05, 3.63) is 29.8 Å². The van der Waals surface area contributed by atoms with Gasteiger partial charge in [-0.25, -0.2) is 0 Å². The molecule has 0 aliphatic rings. The fourth-order valence-electron chi connectivity index (χ4n) is 1.99. The highest BCUT2D eigenvalue weighted by Crippen LogP contribution is 2.18. The van der Waals surface area contributed by atoms with Gasteiger partial charge in [-0.1, -0.05) is 63.6 Å². The van der Waals surface area contributed by atoms with Crippen LogP contribution in [0.15, 0.2) is 24.3 Å². The number of hydrazine groups is 1. The van der Waals surface area contributed by atoms with Crippen molar-refractivity contribution in [1.82, 2.24) is 0 Å². The maximum atomic E-state index is 9.58. The highest BCUT2D eigenvalue weighted by molar-refractivity contribution is 5.31. The highest BCUT2D eigenvalue weighted by atomic mass is 16.3. The maximum absolute atomic E-state index is 9.58. The minimum atomic E-state index is 0.452. The Bertz CT molecular complexity index is 290. The van der Waals surface area contributed by atoms with Crippen LogP contribution in [0.3, 0.4) is 0 Å². The molecule has 0 aromatic heterocycles. The highest BCUT2D eigenvalue weighted by Gasteiger charge is 1.98. The second kappa shape index (κ2) is 12.4. The van der Waals surface area contributed by atoms with E-state index in [0.29, 0.717) is 5.75 Å². The first-order valence-electron chi connectivity index (χ1n) is 6.94. The molecule has 0 aliphatic heterocycles. The fourth-order valence-corrected chi connectivity index (χ4v) is 1.99. The zero-order valence-electron chi connectivity index (χ0n) is 11.6. The fraction of sp³-hybridized carbons (Fsp3) is 0.600. The van der Waals surface area contributed by atoms with E-state index in [2.05, 4.69) is 18.6 Å². The SMILES string of the molecule is CCCCCCCCCc1ccccc1O.NN. The second-order valence-electron chi connectivity index (χ2n) is 4.50. The predicted octanol–water partition coefficient (Wildman–Crippen LogP) is 3.50. The Hall–Kier alpha value is -1.06.